The summed E-state index contributed by atoms with van der Waals surface area (Å²) in [5.74, 6) is 0.584. The summed E-state index contributed by atoms with van der Waals surface area (Å²) in [4.78, 5) is 38.5. The molecule has 4 rings (SSSR count). The van der Waals surface area contributed by atoms with Crippen molar-refractivity contribution in [2.45, 2.75) is 64.9 Å². The highest BCUT2D eigenvalue weighted by Crippen LogP contribution is 2.35. The quantitative estimate of drug-likeness (QED) is 0.543. The first-order valence-electron chi connectivity index (χ1n) is 11.3. The van der Waals surface area contributed by atoms with Gasteiger partial charge in [-0.3, -0.25) is 9.59 Å². The van der Waals surface area contributed by atoms with Crippen LogP contribution in [0.2, 0.25) is 0 Å². The summed E-state index contributed by atoms with van der Waals surface area (Å²) in [6.45, 7) is 5.61. The van der Waals surface area contributed by atoms with Crippen LogP contribution in [0.15, 0.2) is 21.3 Å². The summed E-state index contributed by atoms with van der Waals surface area (Å²) in [5, 5.41) is 3.71. The van der Waals surface area contributed by atoms with Crippen LogP contribution >= 0.6 is 0 Å². The number of aryl methyl sites for hydroxylation is 2. The lowest BCUT2D eigenvalue weighted by molar-refractivity contribution is -0.127. The molecule has 166 valence electrons. The lowest BCUT2D eigenvalue weighted by Crippen LogP contribution is -2.38. The molecule has 1 N–H and O–H groups in total. The summed E-state index contributed by atoms with van der Waals surface area (Å²) in [6, 6.07) is 3.75. The minimum Gasteiger partial charge on any atom is -0.480 e. The van der Waals surface area contributed by atoms with Crippen LogP contribution in [0.1, 0.15) is 55.7 Å². The van der Waals surface area contributed by atoms with Crippen molar-refractivity contribution in [3.8, 4) is 5.75 Å². The number of nitrogens with one attached hydrogen (secondary N) is 1. The van der Waals surface area contributed by atoms with Crippen LogP contribution in [-0.2, 0) is 22.4 Å². The van der Waals surface area contributed by atoms with E-state index in [2.05, 4.69) is 5.32 Å². The van der Waals surface area contributed by atoms with E-state index in [9.17, 15) is 14.4 Å². The standard InChI is InChI=1S/C24H30N2O5/c1-15-13-19(22-17-7-3-4-8-18(17)24(29)31-20(22)14-15)30-16(2)23(28)25-10-6-12-26-11-5-9-21(26)27/h13-14,16H,3-12H2,1-2H3,(H,25,28). The molecule has 31 heavy (non-hydrogen) atoms. The lowest BCUT2D eigenvalue weighted by atomic mass is 9.90. The average Bonchev–Trinajstić information content (AvgIpc) is 3.15. The first kappa shape index (κ1) is 21.4. The first-order chi connectivity index (χ1) is 14.9. The van der Waals surface area contributed by atoms with Gasteiger partial charge in [0.25, 0.3) is 5.91 Å². The Balaban J connectivity index is 1.45. The van der Waals surface area contributed by atoms with Gasteiger partial charge in [0.2, 0.25) is 5.91 Å². The number of carbonyl (C=O) groups is 2. The second-order valence-electron chi connectivity index (χ2n) is 8.58. The van der Waals surface area contributed by atoms with Gasteiger partial charge in [0.05, 0.1) is 5.39 Å². The van der Waals surface area contributed by atoms with E-state index in [1.54, 1.807) is 6.92 Å². The Morgan fingerprint density at radius 2 is 1.94 bits per heavy atom. The molecule has 2 aromatic rings. The maximum absolute atomic E-state index is 12.6. The maximum Gasteiger partial charge on any atom is 0.339 e. The molecular weight excluding hydrogens is 396 g/mol. The molecule has 1 unspecified atom stereocenters. The maximum atomic E-state index is 12.6. The van der Waals surface area contributed by atoms with Crippen molar-refractivity contribution < 1.29 is 18.7 Å². The van der Waals surface area contributed by atoms with Crippen LogP contribution in [0.25, 0.3) is 11.0 Å². The fraction of sp³-hybridized carbons (Fsp3) is 0.542. The number of rotatable bonds is 7. The first-order valence-corrected chi connectivity index (χ1v) is 11.3. The number of ether oxygens (including phenoxy) is 1. The van der Waals surface area contributed by atoms with E-state index in [4.69, 9.17) is 9.15 Å². The molecular formula is C24H30N2O5. The number of carbonyl (C=O) groups excluding carboxylic acids is 2. The van der Waals surface area contributed by atoms with Crippen LogP contribution in [0, 0.1) is 6.92 Å². The van der Waals surface area contributed by atoms with E-state index in [1.165, 1.54) is 0 Å². The van der Waals surface area contributed by atoms with Gasteiger partial charge >= 0.3 is 5.63 Å². The predicted octanol–water partition coefficient (Wildman–Crippen LogP) is 2.88. The lowest BCUT2D eigenvalue weighted by Gasteiger charge is -2.21. The number of likely N-dealkylation sites (tertiary alicyclic amines) is 1. The highest BCUT2D eigenvalue weighted by molar-refractivity contribution is 5.89. The summed E-state index contributed by atoms with van der Waals surface area (Å²) in [6.07, 6.45) is 5.11. The highest BCUT2D eigenvalue weighted by atomic mass is 16.5. The predicted molar refractivity (Wildman–Crippen MR) is 117 cm³/mol. The third kappa shape index (κ3) is 4.60. The molecule has 0 saturated carbocycles. The summed E-state index contributed by atoms with van der Waals surface area (Å²) < 4.78 is 11.7. The summed E-state index contributed by atoms with van der Waals surface area (Å²) >= 11 is 0. The number of hydrogen-bond donors (Lipinski definition) is 1. The topological polar surface area (TPSA) is 88.9 Å². The van der Waals surface area contributed by atoms with Crippen molar-refractivity contribution in [3.63, 3.8) is 0 Å². The van der Waals surface area contributed by atoms with Crippen molar-refractivity contribution in [3.05, 3.63) is 39.2 Å². The molecule has 1 saturated heterocycles. The Bertz CT molecular complexity index is 1060. The SMILES string of the molecule is Cc1cc(OC(C)C(=O)NCCCN2CCCC2=O)c2c3c(c(=O)oc2c1)CCCC3. The van der Waals surface area contributed by atoms with Crippen LogP contribution in [0.5, 0.6) is 5.75 Å². The van der Waals surface area contributed by atoms with Crippen molar-refractivity contribution in [1.82, 2.24) is 10.2 Å². The van der Waals surface area contributed by atoms with Gasteiger partial charge < -0.3 is 19.4 Å². The number of amides is 2. The molecule has 0 spiro atoms. The smallest absolute Gasteiger partial charge is 0.339 e. The largest absolute Gasteiger partial charge is 0.480 e. The molecule has 1 aromatic heterocycles. The highest BCUT2D eigenvalue weighted by Gasteiger charge is 2.24. The second kappa shape index (κ2) is 9.12. The number of nitrogens with zero attached hydrogens (tertiary/aromatic N) is 1. The van der Waals surface area contributed by atoms with Gasteiger partial charge in [-0.2, -0.15) is 0 Å². The van der Waals surface area contributed by atoms with Gasteiger partial charge in [-0.05, 0) is 75.6 Å². The Hall–Kier alpha value is -2.83. The fourth-order valence-corrected chi connectivity index (χ4v) is 4.57. The normalized spacial score (nSPS) is 17.0. The van der Waals surface area contributed by atoms with Gasteiger partial charge in [-0.25, -0.2) is 4.79 Å². The Labute approximate surface area is 181 Å². The van der Waals surface area contributed by atoms with Crippen molar-refractivity contribution in [2.75, 3.05) is 19.6 Å². The molecule has 1 fully saturated rings. The molecule has 2 heterocycles. The molecule has 1 aromatic carbocycles. The molecule has 0 radical (unpaired) electrons. The number of benzene rings is 1. The average molecular weight is 427 g/mol. The molecule has 1 aliphatic heterocycles. The van der Waals surface area contributed by atoms with Crippen molar-refractivity contribution >= 4 is 22.8 Å². The van der Waals surface area contributed by atoms with Crippen molar-refractivity contribution in [1.29, 1.82) is 0 Å². The van der Waals surface area contributed by atoms with E-state index in [0.29, 0.717) is 30.8 Å². The monoisotopic (exact) mass is 426 g/mol. The molecule has 2 aliphatic rings. The third-order valence-electron chi connectivity index (χ3n) is 6.18. The third-order valence-corrected chi connectivity index (χ3v) is 6.18. The van der Waals surface area contributed by atoms with Crippen LogP contribution in [0.4, 0.5) is 0 Å². The fourth-order valence-electron chi connectivity index (χ4n) is 4.57. The van der Waals surface area contributed by atoms with Gasteiger partial charge in [-0.1, -0.05) is 0 Å². The van der Waals surface area contributed by atoms with E-state index in [1.807, 2.05) is 24.0 Å². The zero-order valence-electron chi connectivity index (χ0n) is 18.3. The van der Waals surface area contributed by atoms with Gasteiger partial charge in [-0.15, -0.1) is 0 Å². The molecule has 7 nitrogen and oxygen atoms in total. The Kier molecular flexibility index (Phi) is 6.30. The number of hydrogen-bond acceptors (Lipinski definition) is 5. The van der Waals surface area contributed by atoms with E-state index in [0.717, 1.165) is 67.1 Å². The van der Waals surface area contributed by atoms with Gasteiger partial charge in [0.1, 0.15) is 11.3 Å². The molecule has 2 amide bonds. The molecule has 1 aliphatic carbocycles. The van der Waals surface area contributed by atoms with Gasteiger partial charge in [0, 0.05) is 31.6 Å². The van der Waals surface area contributed by atoms with Crippen LogP contribution in [0.3, 0.4) is 0 Å². The minimum atomic E-state index is -0.690. The van der Waals surface area contributed by atoms with Crippen LogP contribution in [-0.4, -0.2) is 42.5 Å². The molecule has 7 heteroatoms. The summed E-state index contributed by atoms with van der Waals surface area (Å²) in [7, 11) is 0. The molecule has 0 bridgehead atoms. The van der Waals surface area contributed by atoms with E-state index < -0.39 is 6.10 Å². The molecule has 1 atom stereocenters. The van der Waals surface area contributed by atoms with E-state index >= 15 is 0 Å². The zero-order chi connectivity index (χ0) is 22.0. The van der Waals surface area contributed by atoms with Gasteiger partial charge in [0.15, 0.2) is 6.10 Å². The van der Waals surface area contributed by atoms with E-state index in [-0.39, 0.29) is 17.4 Å². The summed E-state index contributed by atoms with van der Waals surface area (Å²) in [5.41, 5.74) is 2.89. The Morgan fingerprint density at radius 3 is 2.68 bits per heavy atom. The zero-order valence-corrected chi connectivity index (χ0v) is 18.3. The van der Waals surface area contributed by atoms with Crippen LogP contribution < -0.4 is 15.7 Å². The minimum absolute atomic E-state index is 0.198. The second-order valence-corrected chi connectivity index (χ2v) is 8.58. The van der Waals surface area contributed by atoms with Crippen molar-refractivity contribution in [2.24, 2.45) is 0 Å². The Morgan fingerprint density at radius 1 is 1.16 bits per heavy atom. The number of fused-ring (bicyclic) bond motifs is 3.